The van der Waals surface area contributed by atoms with Gasteiger partial charge < -0.3 is 15.4 Å². The number of hydrogen-bond donors (Lipinski definition) is 2. The highest BCUT2D eigenvalue weighted by atomic mass is 16.5. The van der Waals surface area contributed by atoms with Crippen LogP contribution in [0.2, 0.25) is 0 Å². The zero-order chi connectivity index (χ0) is 10.5. The van der Waals surface area contributed by atoms with Crippen LogP contribution in [0, 0.1) is 5.92 Å². The van der Waals surface area contributed by atoms with E-state index < -0.39 is 0 Å². The Morgan fingerprint density at radius 1 is 1.33 bits per heavy atom. The molecule has 2 rings (SSSR count). The molecule has 0 aromatic carbocycles. The van der Waals surface area contributed by atoms with E-state index in [1.165, 1.54) is 38.8 Å². The summed E-state index contributed by atoms with van der Waals surface area (Å²) < 4.78 is 5.59. The lowest BCUT2D eigenvalue weighted by Gasteiger charge is -2.28. The second-order valence-electron chi connectivity index (χ2n) is 5.04. The molecule has 2 aliphatic rings. The van der Waals surface area contributed by atoms with E-state index >= 15 is 0 Å². The van der Waals surface area contributed by atoms with Crippen LogP contribution in [0.1, 0.15) is 32.6 Å². The highest BCUT2D eigenvalue weighted by Crippen LogP contribution is 2.15. The molecule has 2 aliphatic heterocycles. The van der Waals surface area contributed by atoms with E-state index in [2.05, 4.69) is 17.6 Å². The van der Waals surface area contributed by atoms with Crippen LogP contribution in [0.25, 0.3) is 0 Å². The first-order valence-corrected chi connectivity index (χ1v) is 6.40. The number of nitrogens with one attached hydrogen (secondary N) is 2. The maximum Gasteiger partial charge on any atom is 0.0700 e. The molecular formula is C12H24N2O. The molecule has 0 bridgehead atoms. The fourth-order valence-corrected chi connectivity index (χ4v) is 2.67. The van der Waals surface area contributed by atoms with Crippen LogP contribution in [0.5, 0.6) is 0 Å². The minimum absolute atomic E-state index is 0.490. The second-order valence-corrected chi connectivity index (χ2v) is 5.04. The van der Waals surface area contributed by atoms with Gasteiger partial charge in [0.1, 0.15) is 0 Å². The molecule has 2 saturated heterocycles. The van der Waals surface area contributed by atoms with Gasteiger partial charge in [0.2, 0.25) is 0 Å². The monoisotopic (exact) mass is 212 g/mol. The lowest BCUT2D eigenvalue weighted by Crippen LogP contribution is -2.40. The Balaban J connectivity index is 1.56. The molecule has 0 saturated carbocycles. The fraction of sp³-hybridized carbons (Fsp3) is 1.00. The Morgan fingerprint density at radius 3 is 3.00 bits per heavy atom. The molecule has 3 nitrogen and oxygen atoms in total. The van der Waals surface area contributed by atoms with Crippen molar-refractivity contribution in [2.45, 2.75) is 44.8 Å². The van der Waals surface area contributed by atoms with Crippen LogP contribution in [0.15, 0.2) is 0 Å². The molecule has 3 heteroatoms. The molecule has 2 N–H and O–H groups in total. The van der Waals surface area contributed by atoms with Gasteiger partial charge in [0.15, 0.2) is 0 Å². The van der Waals surface area contributed by atoms with E-state index in [-0.39, 0.29) is 0 Å². The summed E-state index contributed by atoms with van der Waals surface area (Å²) >= 11 is 0. The van der Waals surface area contributed by atoms with Crippen molar-refractivity contribution < 1.29 is 4.74 Å². The summed E-state index contributed by atoms with van der Waals surface area (Å²) in [6.07, 6.45) is 5.62. The maximum atomic E-state index is 5.59. The molecule has 0 aliphatic carbocycles. The third-order valence-electron chi connectivity index (χ3n) is 3.56. The molecule has 0 radical (unpaired) electrons. The molecule has 3 atom stereocenters. The van der Waals surface area contributed by atoms with Gasteiger partial charge in [0.05, 0.1) is 6.10 Å². The Kier molecular flexibility index (Phi) is 4.42. The molecule has 0 amide bonds. The Bertz CT molecular complexity index is 180. The Hall–Kier alpha value is -0.120. The minimum Gasteiger partial charge on any atom is -0.377 e. The first-order chi connectivity index (χ1) is 7.34. The third kappa shape index (κ3) is 3.74. The van der Waals surface area contributed by atoms with E-state index in [4.69, 9.17) is 4.74 Å². The minimum atomic E-state index is 0.490. The SMILES string of the molecule is CC1CC(CNCC2CCCO2)CCN1. The van der Waals surface area contributed by atoms with Crippen LogP contribution in [0.3, 0.4) is 0 Å². The van der Waals surface area contributed by atoms with Gasteiger partial charge in [-0.2, -0.15) is 0 Å². The Morgan fingerprint density at radius 2 is 2.27 bits per heavy atom. The standard InChI is InChI=1S/C12H24N2O/c1-10-7-11(4-5-14-10)8-13-9-12-3-2-6-15-12/h10-14H,2-9H2,1H3. The zero-order valence-electron chi connectivity index (χ0n) is 9.80. The number of piperidine rings is 1. The maximum absolute atomic E-state index is 5.59. The van der Waals surface area contributed by atoms with Crippen molar-refractivity contribution in [3.8, 4) is 0 Å². The van der Waals surface area contributed by atoms with Crippen molar-refractivity contribution in [1.82, 2.24) is 10.6 Å². The number of hydrogen-bond acceptors (Lipinski definition) is 3. The van der Waals surface area contributed by atoms with Gasteiger partial charge in [0.25, 0.3) is 0 Å². The molecule has 3 unspecified atom stereocenters. The Labute approximate surface area is 93.0 Å². The highest BCUT2D eigenvalue weighted by molar-refractivity contribution is 4.77. The first kappa shape index (κ1) is 11.4. The smallest absolute Gasteiger partial charge is 0.0700 e. The molecule has 0 aromatic heterocycles. The molecule has 88 valence electrons. The summed E-state index contributed by atoms with van der Waals surface area (Å²) in [4.78, 5) is 0. The van der Waals surface area contributed by atoms with E-state index in [1.807, 2.05) is 0 Å². The average molecular weight is 212 g/mol. The summed E-state index contributed by atoms with van der Waals surface area (Å²) in [6, 6.07) is 0.702. The van der Waals surface area contributed by atoms with Crippen molar-refractivity contribution in [2.24, 2.45) is 5.92 Å². The fourth-order valence-electron chi connectivity index (χ4n) is 2.67. The van der Waals surface area contributed by atoms with Crippen molar-refractivity contribution in [3.63, 3.8) is 0 Å². The predicted octanol–water partition coefficient (Wildman–Crippen LogP) is 1.14. The van der Waals surface area contributed by atoms with E-state index in [1.54, 1.807) is 0 Å². The lowest BCUT2D eigenvalue weighted by molar-refractivity contribution is 0.108. The largest absolute Gasteiger partial charge is 0.377 e. The highest BCUT2D eigenvalue weighted by Gasteiger charge is 2.19. The van der Waals surface area contributed by atoms with Crippen molar-refractivity contribution in [2.75, 3.05) is 26.2 Å². The predicted molar refractivity (Wildman–Crippen MR) is 62.0 cm³/mol. The number of rotatable bonds is 4. The first-order valence-electron chi connectivity index (χ1n) is 6.40. The van der Waals surface area contributed by atoms with Crippen molar-refractivity contribution in [3.05, 3.63) is 0 Å². The molecule has 0 aromatic rings. The van der Waals surface area contributed by atoms with E-state index in [9.17, 15) is 0 Å². The molecular weight excluding hydrogens is 188 g/mol. The molecule has 15 heavy (non-hydrogen) atoms. The quantitative estimate of drug-likeness (QED) is 0.733. The van der Waals surface area contributed by atoms with Crippen LogP contribution < -0.4 is 10.6 Å². The van der Waals surface area contributed by atoms with Gasteiger partial charge in [-0.05, 0) is 51.6 Å². The number of ether oxygens (including phenoxy) is 1. The van der Waals surface area contributed by atoms with Crippen LogP contribution >= 0.6 is 0 Å². The zero-order valence-corrected chi connectivity index (χ0v) is 9.80. The summed E-state index contributed by atoms with van der Waals surface area (Å²) in [5.41, 5.74) is 0. The summed E-state index contributed by atoms with van der Waals surface area (Å²) in [6.45, 7) is 6.67. The summed E-state index contributed by atoms with van der Waals surface area (Å²) in [5, 5.41) is 7.06. The van der Waals surface area contributed by atoms with E-state index in [0.29, 0.717) is 12.1 Å². The van der Waals surface area contributed by atoms with E-state index in [0.717, 1.165) is 19.1 Å². The van der Waals surface area contributed by atoms with Gasteiger partial charge in [0, 0.05) is 19.2 Å². The van der Waals surface area contributed by atoms with Crippen molar-refractivity contribution in [1.29, 1.82) is 0 Å². The van der Waals surface area contributed by atoms with Gasteiger partial charge in [-0.25, -0.2) is 0 Å². The van der Waals surface area contributed by atoms with Crippen LogP contribution in [-0.4, -0.2) is 38.4 Å². The van der Waals surface area contributed by atoms with Gasteiger partial charge in [-0.1, -0.05) is 0 Å². The average Bonchev–Trinajstić information content (AvgIpc) is 2.71. The summed E-state index contributed by atoms with van der Waals surface area (Å²) in [7, 11) is 0. The second kappa shape index (κ2) is 5.83. The van der Waals surface area contributed by atoms with Crippen molar-refractivity contribution >= 4 is 0 Å². The van der Waals surface area contributed by atoms with Crippen LogP contribution in [0.4, 0.5) is 0 Å². The molecule has 0 spiro atoms. The van der Waals surface area contributed by atoms with Gasteiger partial charge >= 0.3 is 0 Å². The topological polar surface area (TPSA) is 33.3 Å². The lowest BCUT2D eigenvalue weighted by atomic mass is 9.93. The summed E-state index contributed by atoms with van der Waals surface area (Å²) in [5.74, 6) is 0.864. The molecule has 2 heterocycles. The molecule has 2 fully saturated rings. The third-order valence-corrected chi connectivity index (χ3v) is 3.56. The normalized spacial score (nSPS) is 37.0. The van der Waals surface area contributed by atoms with Crippen LogP contribution in [-0.2, 0) is 4.74 Å². The van der Waals surface area contributed by atoms with Gasteiger partial charge in [-0.3, -0.25) is 0 Å². The van der Waals surface area contributed by atoms with Gasteiger partial charge in [-0.15, -0.1) is 0 Å².